The van der Waals surface area contributed by atoms with Crippen LogP contribution < -0.4 is 4.90 Å². The molecule has 0 aliphatic carbocycles. The van der Waals surface area contributed by atoms with Gasteiger partial charge in [0.15, 0.2) is 5.13 Å². The zero-order valence-corrected chi connectivity index (χ0v) is 18.2. The summed E-state index contributed by atoms with van der Waals surface area (Å²) in [5.41, 5.74) is 3.08. The van der Waals surface area contributed by atoms with Gasteiger partial charge in [0.2, 0.25) is 5.91 Å². The van der Waals surface area contributed by atoms with Crippen LogP contribution in [0.1, 0.15) is 16.9 Å². The van der Waals surface area contributed by atoms with E-state index in [1.807, 2.05) is 49.4 Å². The second-order valence-electron chi connectivity index (χ2n) is 6.58. The SMILES string of the molecule is Cc1ccc(Cl)c2sc(N(Cc3ccco3)C(=O)CSCc3ccccc3)nc12. The third kappa shape index (κ3) is 4.66. The number of anilines is 1. The summed E-state index contributed by atoms with van der Waals surface area (Å²) in [7, 11) is 0. The molecular weight excluding hydrogens is 424 g/mol. The van der Waals surface area contributed by atoms with E-state index in [1.165, 1.54) is 16.9 Å². The number of thiazole rings is 1. The Morgan fingerprint density at radius 3 is 2.72 bits per heavy atom. The van der Waals surface area contributed by atoms with Crippen LogP contribution in [0.5, 0.6) is 0 Å². The molecule has 2 aromatic heterocycles. The molecule has 0 saturated carbocycles. The largest absolute Gasteiger partial charge is 0.467 e. The number of nitrogens with zero attached hydrogens (tertiary/aromatic N) is 2. The number of carbonyl (C=O) groups is 1. The first-order valence-electron chi connectivity index (χ1n) is 9.12. The Morgan fingerprint density at radius 2 is 2.00 bits per heavy atom. The summed E-state index contributed by atoms with van der Waals surface area (Å²) >= 11 is 9.39. The van der Waals surface area contributed by atoms with Crippen LogP contribution in [0, 0.1) is 6.92 Å². The molecule has 4 nitrogen and oxygen atoms in total. The third-order valence-electron chi connectivity index (χ3n) is 4.45. The number of carbonyl (C=O) groups excluding carboxylic acids is 1. The summed E-state index contributed by atoms with van der Waals surface area (Å²) in [5, 5.41) is 1.29. The summed E-state index contributed by atoms with van der Waals surface area (Å²) in [6.07, 6.45) is 1.61. The smallest absolute Gasteiger partial charge is 0.239 e. The van der Waals surface area contributed by atoms with Crippen molar-refractivity contribution in [2.45, 2.75) is 19.2 Å². The lowest BCUT2D eigenvalue weighted by Gasteiger charge is -2.18. The van der Waals surface area contributed by atoms with Crippen LogP contribution in [0.2, 0.25) is 5.02 Å². The number of rotatable bonds is 7. The fourth-order valence-corrected chi connectivity index (χ4v) is 5.13. The molecule has 148 valence electrons. The molecule has 7 heteroatoms. The first kappa shape index (κ1) is 20.0. The summed E-state index contributed by atoms with van der Waals surface area (Å²) in [6, 6.07) is 17.6. The third-order valence-corrected chi connectivity index (χ3v) is 6.98. The number of fused-ring (bicyclic) bond motifs is 1. The highest BCUT2D eigenvalue weighted by atomic mass is 35.5. The molecule has 0 unspecified atom stereocenters. The van der Waals surface area contributed by atoms with Gasteiger partial charge in [-0.1, -0.05) is 59.3 Å². The van der Waals surface area contributed by atoms with Gasteiger partial charge >= 0.3 is 0 Å². The molecule has 2 heterocycles. The zero-order chi connectivity index (χ0) is 20.2. The number of hydrogen-bond acceptors (Lipinski definition) is 5. The standard InChI is InChI=1S/C22H19ClN2O2S2/c1-15-9-10-18(23)21-20(15)24-22(29-21)25(12-17-8-5-11-27-17)19(26)14-28-13-16-6-3-2-4-7-16/h2-11H,12-14H2,1H3. The van der Waals surface area contributed by atoms with Crippen LogP contribution in [-0.4, -0.2) is 16.6 Å². The van der Waals surface area contributed by atoms with E-state index in [2.05, 4.69) is 12.1 Å². The molecule has 1 amide bonds. The average Bonchev–Trinajstić information content (AvgIpc) is 3.40. The first-order chi connectivity index (χ1) is 14.1. The summed E-state index contributed by atoms with van der Waals surface area (Å²) in [6.45, 7) is 2.34. The van der Waals surface area contributed by atoms with E-state index < -0.39 is 0 Å². The van der Waals surface area contributed by atoms with Crippen molar-refractivity contribution in [3.05, 3.63) is 82.8 Å². The maximum absolute atomic E-state index is 13.1. The van der Waals surface area contributed by atoms with E-state index in [1.54, 1.807) is 22.9 Å². The van der Waals surface area contributed by atoms with Crippen molar-refractivity contribution >= 4 is 56.0 Å². The van der Waals surface area contributed by atoms with Gasteiger partial charge in [-0.2, -0.15) is 0 Å². The van der Waals surface area contributed by atoms with Gasteiger partial charge in [-0.3, -0.25) is 9.69 Å². The van der Waals surface area contributed by atoms with Crippen molar-refractivity contribution in [2.24, 2.45) is 0 Å². The highest BCUT2D eigenvalue weighted by Gasteiger charge is 2.22. The minimum absolute atomic E-state index is 0.00448. The van der Waals surface area contributed by atoms with Crippen molar-refractivity contribution in [3.63, 3.8) is 0 Å². The lowest BCUT2D eigenvalue weighted by atomic mass is 10.2. The summed E-state index contributed by atoms with van der Waals surface area (Å²) < 4.78 is 6.38. The van der Waals surface area contributed by atoms with Crippen molar-refractivity contribution in [3.8, 4) is 0 Å². The molecule has 2 aromatic carbocycles. The predicted octanol–water partition coefficient (Wildman–Crippen LogP) is 6.32. The Labute approximate surface area is 182 Å². The molecular formula is C22H19ClN2O2S2. The van der Waals surface area contributed by atoms with E-state index in [0.29, 0.717) is 28.2 Å². The Bertz CT molecular complexity index is 1070. The number of hydrogen-bond donors (Lipinski definition) is 0. The van der Waals surface area contributed by atoms with Crippen molar-refractivity contribution in [1.82, 2.24) is 4.98 Å². The van der Waals surface area contributed by atoms with Gasteiger partial charge in [0.25, 0.3) is 0 Å². The highest BCUT2D eigenvalue weighted by molar-refractivity contribution is 7.99. The van der Waals surface area contributed by atoms with Crippen LogP contribution >= 0.6 is 34.7 Å². The molecule has 4 rings (SSSR count). The topological polar surface area (TPSA) is 46.3 Å². The normalized spacial score (nSPS) is 11.1. The number of furan rings is 1. The number of aromatic nitrogens is 1. The van der Waals surface area contributed by atoms with Gasteiger partial charge in [-0.05, 0) is 36.2 Å². The molecule has 0 fully saturated rings. The van der Waals surface area contributed by atoms with Gasteiger partial charge in [0.05, 0.1) is 33.8 Å². The Hall–Kier alpha value is -2.28. The lowest BCUT2D eigenvalue weighted by molar-refractivity contribution is -0.116. The molecule has 4 aromatic rings. The first-order valence-corrected chi connectivity index (χ1v) is 11.5. The minimum atomic E-state index is -0.00448. The van der Waals surface area contributed by atoms with Crippen molar-refractivity contribution in [2.75, 3.05) is 10.7 Å². The van der Waals surface area contributed by atoms with Crippen molar-refractivity contribution < 1.29 is 9.21 Å². The Balaban J connectivity index is 1.57. The average molecular weight is 443 g/mol. The molecule has 29 heavy (non-hydrogen) atoms. The van der Waals surface area contributed by atoms with Gasteiger partial charge in [-0.25, -0.2) is 4.98 Å². The molecule has 0 atom stereocenters. The van der Waals surface area contributed by atoms with Crippen molar-refractivity contribution in [1.29, 1.82) is 0 Å². The monoisotopic (exact) mass is 442 g/mol. The quantitative estimate of drug-likeness (QED) is 0.336. The second-order valence-corrected chi connectivity index (χ2v) is 8.95. The minimum Gasteiger partial charge on any atom is -0.467 e. The molecule has 0 saturated heterocycles. The van der Waals surface area contributed by atoms with E-state index in [9.17, 15) is 4.79 Å². The molecule has 0 aliphatic rings. The van der Waals surface area contributed by atoms with Crippen LogP contribution in [-0.2, 0) is 17.1 Å². The molecule has 0 bridgehead atoms. The van der Waals surface area contributed by atoms with Crippen LogP contribution in [0.25, 0.3) is 10.2 Å². The molecule has 0 N–H and O–H groups in total. The summed E-state index contributed by atoms with van der Waals surface area (Å²) in [5.74, 6) is 1.85. The number of benzene rings is 2. The fraction of sp³-hybridized carbons (Fsp3) is 0.182. The van der Waals surface area contributed by atoms with Crippen LogP contribution in [0.4, 0.5) is 5.13 Å². The Kier molecular flexibility index (Phi) is 6.23. The number of aryl methyl sites for hydroxylation is 1. The van der Waals surface area contributed by atoms with E-state index in [4.69, 9.17) is 21.0 Å². The maximum atomic E-state index is 13.1. The molecule has 0 radical (unpaired) electrons. The highest BCUT2D eigenvalue weighted by Crippen LogP contribution is 2.36. The van der Waals surface area contributed by atoms with Gasteiger partial charge in [0.1, 0.15) is 5.76 Å². The lowest BCUT2D eigenvalue weighted by Crippen LogP contribution is -2.31. The van der Waals surface area contributed by atoms with E-state index >= 15 is 0 Å². The second kappa shape index (κ2) is 9.03. The Morgan fingerprint density at radius 1 is 1.17 bits per heavy atom. The van der Waals surface area contributed by atoms with Gasteiger partial charge in [0, 0.05) is 5.75 Å². The number of thioether (sulfide) groups is 1. The predicted molar refractivity (Wildman–Crippen MR) is 122 cm³/mol. The summed E-state index contributed by atoms with van der Waals surface area (Å²) in [4.78, 5) is 19.5. The van der Waals surface area contributed by atoms with Gasteiger partial charge < -0.3 is 4.42 Å². The zero-order valence-electron chi connectivity index (χ0n) is 15.8. The maximum Gasteiger partial charge on any atom is 0.239 e. The van der Waals surface area contributed by atoms with Gasteiger partial charge in [-0.15, -0.1) is 11.8 Å². The number of halogens is 1. The van der Waals surface area contributed by atoms with E-state index in [0.717, 1.165) is 21.5 Å². The van der Waals surface area contributed by atoms with Crippen LogP contribution in [0.15, 0.2) is 65.3 Å². The number of amides is 1. The van der Waals surface area contributed by atoms with Crippen LogP contribution in [0.3, 0.4) is 0 Å². The molecule has 0 spiro atoms. The fourth-order valence-electron chi connectivity index (χ4n) is 2.94. The van der Waals surface area contributed by atoms with E-state index in [-0.39, 0.29) is 5.91 Å². The molecule has 0 aliphatic heterocycles.